The monoisotopic (exact) mass is 302 g/mol. The van der Waals surface area contributed by atoms with Crippen LogP contribution in [0.2, 0.25) is 0 Å². The summed E-state index contributed by atoms with van der Waals surface area (Å²) in [6.07, 6.45) is 3.49. The fourth-order valence-corrected chi connectivity index (χ4v) is 2.11. The Kier molecular flexibility index (Phi) is 6.18. The number of nitrogens with one attached hydrogen (secondary N) is 1. The third kappa shape index (κ3) is 4.44. The lowest BCUT2D eigenvalue weighted by Gasteiger charge is -2.16. The summed E-state index contributed by atoms with van der Waals surface area (Å²) in [5.74, 6) is 1.40. The Labute approximate surface area is 130 Å². The molecular weight excluding hydrogens is 280 g/mol. The molecule has 1 aromatic carbocycles. The first-order valence-corrected chi connectivity index (χ1v) is 7.28. The van der Waals surface area contributed by atoms with E-state index in [0.717, 1.165) is 11.1 Å². The summed E-state index contributed by atoms with van der Waals surface area (Å²) in [6, 6.07) is 9.84. The molecule has 118 valence electrons. The van der Waals surface area contributed by atoms with Crippen molar-refractivity contribution in [1.29, 1.82) is 0 Å². The average molecular weight is 302 g/mol. The molecule has 1 aromatic heterocycles. The first kappa shape index (κ1) is 16.3. The van der Waals surface area contributed by atoms with E-state index in [-0.39, 0.29) is 12.6 Å². The van der Waals surface area contributed by atoms with E-state index in [1.165, 1.54) is 0 Å². The predicted molar refractivity (Wildman–Crippen MR) is 85.1 cm³/mol. The number of aliphatic hydroxyl groups is 1. The molecule has 0 amide bonds. The summed E-state index contributed by atoms with van der Waals surface area (Å²) >= 11 is 0. The lowest BCUT2D eigenvalue weighted by atomic mass is 10.1. The highest BCUT2D eigenvalue weighted by atomic mass is 16.5. The first-order valence-electron chi connectivity index (χ1n) is 7.28. The van der Waals surface area contributed by atoms with Gasteiger partial charge >= 0.3 is 0 Å². The number of hydrogen-bond acceptors (Lipinski definition) is 5. The standard InChI is InChI=1S/C17H22N2O3/c1-13(19-9-10-20)15-3-4-16(17(11-15)21-2)22-12-14-5-7-18-8-6-14/h3-8,11,13,19-20H,9-10,12H2,1-2H3. The van der Waals surface area contributed by atoms with Crippen LogP contribution in [-0.4, -0.2) is 30.4 Å². The number of aliphatic hydroxyl groups excluding tert-OH is 1. The zero-order valence-corrected chi connectivity index (χ0v) is 13.0. The SMILES string of the molecule is COc1cc(C(C)NCCO)ccc1OCc1ccncc1. The van der Waals surface area contributed by atoms with Crippen molar-refractivity contribution in [3.8, 4) is 11.5 Å². The van der Waals surface area contributed by atoms with E-state index >= 15 is 0 Å². The van der Waals surface area contributed by atoms with Gasteiger partial charge in [-0.2, -0.15) is 0 Å². The molecule has 0 radical (unpaired) electrons. The van der Waals surface area contributed by atoms with Gasteiger partial charge in [0.1, 0.15) is 6.61 Å². The first-order chi connectivity index (χ1) is 10.7. The molecule has 0 fully saturated rings. The Morgan fingerprint density at radius 1 is 1.18 bits per heavy atom. The molecule has 2 aromatic rings. The van der Waals surface area contributed by atoms with Crippen molar-refractivity contribution >= 4 is 0 Å². The van der Waals surface area contributed by atoms with Gasteiger partial charge in [-0.25, -0.2) is 0 Å². The van der Waals surface area contributed by atoms with Gasteiger partial charge in [0.05, 0.1) is 13.7 Å². The summed E-state index contributed by atoms with van der Waals surface area (Å²) in [6.45, 7) is 3.19. The molecule has 2 N–H and O–H groups in total. The maximum absolute atomic E-state index is 8.87. The number of ether oxygens (including phenoxy) is 2. The smallest absolute Gasteiger partial charge is 0.161 e. The van der Waals surface area contributed by atoms with E-state index in [1.807, 2.05) is 37.3 Å². The summed E-state index contributed by atoms with van der Waals surface area (Å²) in [4.78, 5) is 3.98. The highest BCUT2D eigenvalue weighted by Crippen LogP contribution is 2.30. The molecule has 0 saturated heterocycles. The van der Waals surface area contributed by atoms with Gasteiger partial charge in [0.15, 0.2) is 11.5 Å². The van der Waals surface area contributed by atoms with Gasteiger partial charge in [-0.15, -0.1) is 0 Å². The predicted octanol–water partition coefficient (Wildman–Crippen LogP) is 2.31. The van der Waals surface area contributed by atoms with Crippen LogP contribution in [0, 0.1) is 0 Å². The van der Waals surface area contributed by atoms with Gasteiger partial charge in [-0.3, -0.25) is 4.98 Å². The van der Waals surface area contributed by atoms with Crippen LogP contribution < -0.4 is 14.8 Å². The van der Waals surface area contributed by atoms with E-state index in [9.17, 15) is 0 Å². The third-order valence-corrected chi connectivity index (χ3v) is 3.39. The van der Waals surface area contributed by atoms with Crippen LogP contribution in [0.5, 0.6) is 11.5 Å². The Morgan fingerprint density at radius 3 is 2.64 bits per heavy atom. The Hall–Kier alpha value is -2.11. The van der Waals surface area contributed by atoms with Gasteiger partial charge in [-0.1, -0.05) is 6.07 Å². The minimum Gasteiger partial charge on any atom is -0.493 e. The molecular formula is C17H22N2O3. The van der Waals surface area contributed by atoms with Crippen molar-refractivity contribution in [2.45, 2.75) is 19.6 Å². The maximum atomic E-state index is 8.87. The Bertz CT molecular complexity index is 575. The van der Waals surface area contributed by atoms with E-state index in [0.29, 0.717) is 24.7 Å². The van der Waals surface area contributed by atoms with Gasteiger partial charge in [-0.05, 0) is 42.3 Å². The maximum Gasteiger partial charge on any atom is 0.161 e. The summed E-state index contributed by atoms with van der Waals surface area (Å²) in [5, 5.41) is 12.1. The second-order valence-corrected chi connectivity index (χ2v) is 4.95. The van der Waals surface area contributed by atoms with Crippen LogP contribution in [0.25, 0.3) is 0 Å². The van der Waals surface area contributed by atoms with Crippen molar-refractivity contribution in [2.75, 3.05) is 20.3 Å². The topological polar surface area (TPSA) is 63.6 Å². The molecule has 0 saturated carbocycles. The van der Waals surface area contributed by atoms with Crippen LogP contribution >= 0.6 is 0 Å². The fourth-order valence-electron chi connectivity index (χ4n) is 2.11. The lowest BCUT2D eigenvalue weighted by Crippen LogP contribution is -2.22. The Morgan fingerprint density at radius 2 is 1.95 bits per heavy atom. The zero-order valence-electron chi connectivity index (χ0n) is 13.0. The molecule has 1 heterocycles. The second kappa shape index (κ2) is 8.36. The minimum atomic E-state index is 0.120. The molecule has 2 rings (SSSR count). The second-order valence-electron chi connectivity index (χ2n) is 4.95. The van der Waals surface area contributed by atoms with Crippen LogP contribution in [-0.2, 0) is 6.61 Å². The number of methoxy groups -OCH3 is 1. The van der Waals surface area contributed by atoms with Crippen molar-refractivity contribution in [1.82, 2.24) is 10.3 Å². The molecule has 0 aliphatic carbocycles. The molecule has 1 unspecified atom stereocenters. The number of hydrogen-bond donors (Lipinski definition) is 2. The quantitative estimate of drug-likeness (QED) is 0.783. The highest BCUT2D eigenvalue weighted by Gasteiger charge is 2.10. The lowest BCUT2D eigenvalue weighted by molar-refractivity contribution is 0.282. The van der Waals surface area contributed by atoms with Gasteiger partial charge in [0.2, 0.25) is 0 Å². The van der Waals surface area contributed by atoms with Crippen molar-refractivity contribution in [2.24, 2.45) is 0 Å². The molecule has 1 atom stereocenters. The number of pyridine rings is 1. The molecule has 22 heavy (non-hydrogen) atoms. The summed E-state index contributed by atoms with van der Waals surface area (Å²) < 4.78 is 11.2. The largest absolute Gasteiger partial charge is 0.493 e. The zero-order chi connectivity index (χ0) is 15.8. The number of nitrogens with zero attached hydrogens (tertiary/aromatic N) is 1. The molecule has 0 aliphatic heterocycles. The highest BCUT2D eigenvalue weighted by molar-refractivity contribution is 5.43. The molecule has 0 spiro atoms. The molecule has 5 heteroatoms. The van der Waals surface area contributed by atoms with Crippen molar-refractivity contribution in [3.05, 3.63) is 53.9 Å². The van der Waals surface area contributed by atoms with Gasteiger partial charge in [0, 0.05) is 25.0 Å². The number of rotatable bonds is 8. The van der Waals surface area contributed by atoms with E-state index in [2.05, 4.69) is 10.3 Å². The van der Waals surface area contributed by atoms with E-state index < -0.39 is 0 Å². The van der Waals surface area contributed by atoms with Crippen molar-refractivity contribution < 1.29 is 14.6 Å². The molecule has 0 aliphatic rings. The Balaban J connectivity index is 2.05. The number of benzene rings is 1. The minimum absolute atomic E-state index is 0.120. The van der Waals surface area contributed by atoms with Gasteiger partial charge in [0.25, 0.3) is 0 Å². The van der Waals surface area contributed by atoms with E-state index in [4.69, 9.17) is 14.6 Å². The van der Waals surface area contributed by atoms with Crippen LogP contribution in [0.3, 0.4) is 0 Å². The summed E-state index contributed by atoms with van der Waals surface area (Å²) in [5.41, 5.74) is 2.14. The van der Waals surface area contributed by atoms with Crippen LogP contribution in [0.1, 0.15) is 24.1 Å². The van der Waals surface area contributed by atoms with Crippen LogP contribution in [0.15, 0.2) is 42.7 Å². The van der Waals surface area contributed by atoms with E-state index in [1.54, 1.807) is 19.5 Å². The van der Waals surface area contributed by atoms with Crippen molar-refractivity contribution in [3.63, 3.8) is 0 Å². The number of aromatic nitrogens is 1. The summed E-state index contributed by atoms with van der Waals surface area (Å²) in [7, 11) is 1.63. The van der Waals surface area contributed by atoms with Gasteiger partial charge < -0.3 is 19.9 Å². The fraction of sp³-hybridized carbons (Fsp3) is 0.353. The molecule has 5 nitrogen and oxygen atoms in total. The average Bonchev–Trinajstić information content (AvgIpc) is 2.58. The van der Waals surface area contributed by atoms with Crippen LogP contribution in [0.4, 0.5) is 0 Å². The normalized spacial score (nSPS) is 12.0. The molecule has 0 bridgehead atoms. The third-order valence-electron chi connectivity index (χ3n) is 3.39.